The zero-order valence-corrected chi connectivity index (χ0v) is 14.3. The summed E-state index contributed by atoms with van der Waals surface area (Å²) in [4.78, 5) is 23.5. The minimum absolute atomic E-state index is 0.0998. The molecule has 126 valence electrons. The summed E-state index contributed by atoms with van der Waals surface area (Å²) >= 11 is 5.85. The van der Waals surface area contributed by atoms with E-state index in [4.69, 9.17) is 11.6 Å². The third-order valence-electron chi connectivity index (χ3n) is 3.48. The maximum absolute atomic E-state index is 12.1. The van der Waals surface area contributed by atoms with Gasteiger partial charge >= 0.3 is 5.97 Å². The number of rotatable bonds is 6. The van der Waals surface area contributed by atoms with Gasteiger partial charge in [0.1, 0.15) is 0 Å². The molecule has 0 bridgehead atoms. The third kappa shape index (κ3) is 4.99. The van der Waals surface area contributed by atoms with Gasteiger partial charge in [0.05, 0.1) is 25.3 Å². The van der Waals surface area contributed by atoms with Gasteiger partial charge in [-0.2, -0.15) is 0 Å². The molecule has 0 aliphatic rings. The molecule has 2 aromatic carbocycles. The summed E-state index contributed by atoms with van der Waals surface area (Å²) in [6, 6.07) is 14.0. The van der Waals surface area contributed by atoms with Crippen molar-refractivity contribution in [2.24, 2.45) is 0 Å². The molecule has 5 nitrogen and oxygen atoms in total. The van der Waals surface area contributed by atoms with E-state index in [0.717, 1.165) is 5.56 Å². The Morgan fingerprint density at radius 2 is 1.88 bits per heavy atom. The molecule has 2 rings (SSSR count). The average molecular weight is 347 g/mol. The molecule has 0 spiro atoms. The standard InChI is InChI=1S/C18H19ClN2O3/c1-12(13-6-8-15(19)9-7-13)21-17(22)11-20-16-5-3-4-14(10-16)18(23)24-2/h3-10,12,20H,11H2,1-2H3,(H,21,22). The molecular weight excluding hydrogens is 328 g/mol. The molecule has 0 heterocycles. The first-order valence-corrected chi connectivity index (χ1v) is 7.84. The minimum Gasteiger partial charge on any atom is -0.465 e. The zero-order chi connectivity index (χ0) is 17.5. The Morgan fingerprint density at radius 3 is 2.54 bits per heavy atom. The number of benzene rings is 2. The number of hydrogen-bond donors (Lipinski definition) is 2. The fourth-order valence-electron chi connectivity index (χ4n) is 2.18. The van der Waals surface area contributed by atoms with Crippen molar-refractivity contribution in [1.82, 2.24) is 5.32 Å². The Balaban J connectivity index is 1.89. The van der Waals surface area contributed by atoms with Crippen molar-refractivity contribution >= 4 is 29.2 Å². The van der Waals surface area contributed by atoms with Crippen LogP contribution in [0.4, 0.5) is 5.69 Å². The Labute approximate surface area is 146 Å². The predicted molar refractivity (Wildman–Crippen MR) is 94.3 cm³/mol. The summed E-state index contributed by atoms with van der Waals surface area (Å²) in [5.41, 5.74) is 2.07. The van der Waals surface area contributed by atoms with Crippen LogP contribution in [0.15, 0.2) is 48.5 Å². The molecular formula is C18H19ClN2O3. The molecule has 2 aromatic rings. The lowest BCUT2D eigenvalue weighted by Crippen LogP contribution is -2.32. The molecule has 2 N–H and O–H groups in total. The first-order valence-electron chi connectivity index (χ1n) is 7.46. The van der Waals surface area contributed by atoms with Crippen LogP contribution in [0, 0.1) is 0 Å². The number of anilines is 1. The lowest BCUT2D eigenvalue weighted by molar-refractivity contribution is -0.120. The van der Waals surface area contributed by atoms with Gasteiger partial charge in [-0.3, -0.25) is 4.79 Å². The Morgan fingerprint density at radius 1 is 1.17 bits per heavy atom. The van der Waals surface area contributed by atoms with Crippen LogP contribution < -0.4 is 10.6 Å². The van der Waals surface area contributed by atoms with Gasteiger partial charge in [0.2, 0.25) is 5.91 Å². The van der Waals surface area contributed by atoms with Crippen LogP contribution in [0.3, 0.4) is 0 Å². The topological polar surface area (TPSA) is 67.4 Å². The summed E-state index contributed by atoms with van der Waals surface area (Å²) in [5, 5.41) is 6.54. The van der Waals surface area contributed by atoms with Crippen LogP contribution in [0.2, 0.25) is 5.02 Å². The second-order valence-electron chi connectivity index (χ2n) is 5.27. The summed E-state index contributed by atoms with van der Waals surface area (Å²) in [5.74, 6) is -0.569. The monoisotopic (exact) mass is 346 g/mol. The summed E-state index contributed by atoms with van der Waals surface area (Å²) in [6.07, 6.45) is 0. The molecule has 0 aliphatic heterocycles. The number of hydrogen-bond acceptors (Lipinski definition) is 4. The fraction of sp³-hybridized carbons (Fsp3) is 0.222. The van der Waals surface area contributed by atoms with E-state index in [9.17, 15) is 9.59 Å². The molecule has 0 aliphatic carbocycles. The molecule has 6 heteroatoms. The number of esters is 1. The first kappa shape index (κ1) is 17.8. The van der Waals surface area contributed by atoms with Gasteiger partial charge in [-0.1, -0.05) is 29.8 Å². The van der Waals surface area contributed by atoms with Gasteiger partial charge in [0.15, 0.2) is 0 Å². The lowest BCUT2D eigenvalue weighted by Gasteiger charge is -2.15. The molecule has 0 saturated carbocycles. The summed E-state index contributed by atoms with van der Waals surface area (Å²) < 4.78 is 4.67. The zero-order valence-electron chi connectivity index (χ0n) is 13.5. The highest BCUT2D eigenvalue weighted by Crippen LogP contribution is 2.16. The van der Waals surface area contributed by atoms with Crippen molar-refractivity contribution in [2.75, 3.05) is 19.0 Å². The maximum atomic E-state index is 12.1. The average Bonchev–Trinajstić information content (AvgIpc) is 2.60. The van der Waals surface area contributed by atoms with Crippen molar-refractivity contribution in [1.29, 1.82) is 0 Å². The van der Waals surface area contributed by atoms with Gasteiger partial charge in [-0.05, 0) is 42.8 Å². The molecule has 0 radical (unpaired) electrons. The van der Waals surface area contributed by atoms with E-state index in [1.54, 1.807) is 36.4 Å². The van der Waals surface area contributed by atoms with E-state index in [1.165, 1.54) is 7.11 Å². The van der Waals surface area contributed by atoms with E-state index < -0.39 is 5.97 Å². The molecule has 24 heavy (non-hydrogen) atoms. The predicted octanol–water partition coefficient (Wildman–Crippen LogP) is 3.42. The van der Waals surface area contributed by atoms with Gasteiger partial charge in [-0.15, -0.1) is 0 Å². The summed E-state index contributed by atoms with van der Waals surface area (Å²) in [7, 11) is 1.33. The van der Waals surface area contributed by atoms with Crippen LogP contribution in [-0.4, -0.2) is 25.5 Å². The van der Waals surface area contributed by atoms with E-state index in [1.807, 2.05) is 19.1 Å². The minimum atomic E-state index is -0.417. The molecule has 1 unspecified atom stereocenters. The SMILES string of the molecule is COC(=O)c1cccc(NCC(=O)NC(C)c2ccc(Cl)cc2)c1. The number of carbonyl (C=O) groups excluding carboxylic acids is 2. The second kappa shape index (κ2) is 8.36. The number of amides is 1. The highest BCUT2D eigenvalue weighted by Gasteiger charge is 2.10. The normalized spacial score (nSPS) is 11.5. The van der Waals surface area contributed by atoms with Crippen LogP contribution >= 0.6 is 11.6 Å². The lowest BCUT2D eigenvalue weighted by atomic mass is 10.1. The van der Waals surface area contributed by atoms with Crippen LogP contribution in [0.1, 0.15) is 28.9 Å². The second-order valence-corrected chi connectivity index (χ2v) is 5.70. The molecule has 0 saturated heterocycles. The fourth-order valence-corrected chi connectivity index (χ4v) is 2.31. The van der Waals surface area contributed by atoms with Gasteiger partial charge in [0.25, 0.3) is 0 Å². The van der Waals surface area contributed by atoms with E-state index in [0.29, 0.717) is 16.3 Å². The van der Waals surface area contributed by atoms with E-state index >= 15 is 0 Å². The smallest absolute Gasteiger partial charge is 0.337 e. The molecule has 0 aromatic heterocycles. The van der Waals surface area contributed by atoms with Crippen molar-refractivity contribution < 1.29 is 14.3 Å². The number of ether oxygens (including phenoxy) is 1. The molecule has 0 fully saturated rings. The Kier molecular flexibility index (Phi) is 6.21. The molecule has 1 atom stereocenters. The first-order chi connectivity index (χ1) is 11.5. The van der Waals surface area contributed by atoms with Crippen LogP contribution in [-0.2, 0) is 9.53 Å². The van der Waals surface area contributed by atoms with Crippen LogP contribution in [0.25, 0.3) is 0 Å². The maximum Gasteiger partial charge on any atom is 0.337 e. The van der Waals surface area contributed by atoms with Gasteiger partial charge in [-0.25, -0.2) is 4.79 Å². The van der Waals surface area contributed by atoms with Gasteiger partial charge in [0, 0.05) is 10.7 Å². The highest BCUT2D eigenvalue weighted by atomic mass is 35.5. The molecule has 1 amide bonds. The van der Waals surface area contributed by atoms with Crippen molar-refractivity contribution in [3.8, 4) is 0 Å². The number of halogens is 1. The number of methoxy groups -OCH3 is 1. The number of carbonyl (C=O) groups is 2. The quantitative estimate of drug-likeness (QED) is 0.786. The Hall–Kier alpha value is -2.53. The number of nitrogens with one attached hydrogen (secondary N) is 2. The van der Waals surface area contributed by atoms with E-state index in [-0.39, 0.29) is 18.5 Å². The van der Waals surface area contributed by atoms with Crippen molar-refractivity contribution in [2.45, 2.75) is 13.0 Å². The Bertz CT molecular complexity index is 716. The van der Waals surface area contributed by atoms with Gasteiger partial charge < -0.3 is 15.4 Å². The van der Waals surface area contributed by atoms with Crippen molar-refractivity contribution in [3.05, 3.63) is 64.7 Å². The van der Waals surface area contributed by atoms with E-state index in [2.05, 4.69) is 15.4 Å². The largest absolute Gasteiger partial charge is 0.465 e. The summed E-state index contributed by atoms with van der Waals surface area (Å²) in [6.45, 7) is 2.00. The van der Waals surface area contributed by atoms with Crippen LogP contribution in [0.5, 0.6) is 0 Å². The third-order valence-corrected chi connectivity index (χ3v) is 3.74. The highest BCUT2D eigenvalue weighted by molar-refractivity contribution is 6.30. The van der Waals surface area contributed by atoms with Crippen molar-refractivity contribution in [3.63, 3.8) is 0 Å².